The minimum atomic E-state index is -0.223. The summed E-state index contributed by atoms with van der Waals surface area (Å²) in [6.07, 6.45) is -0.223. The van der Waals surface area contributed by atoms with Crippen LogP contribution in [0.3, 0.4) is 0 Å². The van der Waals surface area contributed by atoms with E-state index in [1.807, 2.05) is 0 Å². The van der Waals surface area contributed by atoms with Gasteiger partial charge in [0.15, 0.2) is 23.0 Å². The molecule has 1 radical (unpaired) electrons. The fourth-order valence-electron chi connectivity index (χ4n) is 3.89. The Kier molecular flexibility index (Phi) is 4.41. The molecular weight excluding hydrogens is 432 g/mol. The van der Waals surface area contributed by atoms with Gasteiger partial charge in [0, 0.05) is 9.75 Å². The van der Waals surface area contributed by atoms with Gasteiger partial charge in [0.05, 0.1) is 21.3 Å². The standard InChI is InChI=1S/C20H19O6S3/c1-9-11-13(23-5-3-21-11)17(27-9)19-15-16(26-8-7-25-15)20(29-19)18-14-12(10(2)28-18)22-4-6-24-14/h15H,3-8H2,1-2H3. The van der Waals surface area contributed by atoms with Crippen molar-refractivity contribution in [3.8, 4) is 23.0 Å². The average molecular weight is 452 g/mol. The van der Waals surface area contributed by atoms with E-state index in [0.717, 1.165) is 58.4 Å². The first-order valence-corrected chi connectivity index (χ1v) is 12.0. The van der Waals surface area contributed by atoms with Crippen LogP contribution in [0.5, 0.6) is 23.0 Å². The summed E-state index contributed by atoms with van der Waals surface area (Å²) in [6, 6.07) is 0. The number of thioether (sulfide) groups is 1. The molecule has 1 saturated heterocycles. The number of hydrogen-bond donors (Lipinski definition) is 0. The summed E-state index contributed by atoms with van der Waals surface area (Å²) >= 11 is 5.07. The Balaban J connectivity index is 1.44. The van der Waals surface area contributed by atoms with Crippen LogP contribution in [0.1, 0.15) is 19.5 Å². The maximum atomic E-state index is 6.17. The molecule has 4 aliphatic heterocycles. The summed E-state index contributed by atoms with van der Waals surface area (Å²) in [5.74, 6) is 4.24. The lowest BCUT2D eigenvalue weighted by Gasteiger charge is -2.26. The second-order valence-corrected chi connectivity index (χ2v) is 10.4. The van der Waals surface area contributed by atoms with E-state index in [9.17, 15) is 0 Å². The predicted octanol–water partition coefficient (Wildman–Crippen LogP) is 4.38. The van der Waals surface area contributed by atoms with Gasteiger partial charge in [-0.05, 0) is 13.8 Å². The van der Waals surface area contributed by atoms with E-state index in [0.29, 0.717) is 39.6 Å². The summed E-state index contributed by atoms with van der Waals surface area (Å²) in [7, 11) is 0. The zero-order chi connectivity index (χ0) is 19.5. The zero-order valence-electron chi connectivity index (χ0n) is 16.0. The molecular formula is C20H19O6S3. The largest absolute Gasteiger partial charge is 0.491 e. The van der Waals surface area contributed by atoms with Crippen LogP contribution in [0.25, 0.3) is 4.91 Å². The van der Waals surface area contributed by atoms with Crippen LogP contribution in [0.15, 0.2) is 5.76 Å². The Bertz CT molecular complexity index is 1010. The van der Waals surface area contributed by atoms with E-state index in [2.05, 4.69) is 13.8 Å². The minimum Gasteiger partial charge on any atom is -0.491 e. The van der Waals surface area contributed by atoms with Gasteiger partial charge in [-0.15, -0.1) is 34.4 Å². The molecule has 1 atom stereocenters. The highest BCUT2D eigenvalue weighted by atomic mass is 32.2. The van der Waals surface area contributed by atoms with Gasteiger partial charge < -0.3 is 28.4 Å². The van der Waals surface area contributed by atoms with Gasteiger partial charge in [0.1, 0.15) is 50.1 Å². The molecule has 0 N–H and O–H groups in total. The Labute approximate surface area is 180 Å². The van der Waals surface area contributed by atoms with Crippen molar-refractivity contribution in [2.24, 2.45) is 0 Å². The lowest BCUT2D eigenvalue weighted by Crippen LogP contribution is -2.28. The van der Waals surface area contributed by atoms with Gasteiger partial charge in [-0.25, -0.2) is 0 Å². The number of fused-ring (bicyclic) bond motifs is 3. The van der Waals surface area contributed by atoms with E-state index >= 15 is 0 Å². The van der Waals surface area contributed by atoms with Crippen molar-refractivity contribution in [2.45, 2.75) is 20.0 Å². The molecule has 0 aromatic carbocycles. The summed E-state index contributed by atoms with van der Waals surface area (Å²) in [6.45, 7) is 7.54. The van der Waals surface area contributed by atoms with Gasteiger partial charge in [0.25, 0.3) is 0 Å². The zero-order valence-corrected chi connectivity index (χ0v) is 18.4. The van der Waals surface area contributed by atoms with E-state index < -0.39 is 0 Å². The third kappa shape index (κ3) is 2.78. The number of hydrogen-bond acceptors (Lipinski definition) is 9. The van der Waals surface area contributed by atoms with Crippen molar-refractivity contribution in [3.63, 3.8) is 0 Å². The molecule has 0 spiro atoms. The summed E-state index contributed by atoms with van der Waals surface area (Å²) in [5.41, 5.74) is 0. The molecule has 2 aromatic rings. The predicted molar refractivity (Wildman–Crippen MR) is 113 cm³/mol. The van der Waals surface area contributed by atoms with Crippen LogP contribution < -0.4 is 18.9 Å². The molecule has 9 heteroatoms. The minimum absolute atomic E-state index is 0.223. The molecule has 1 unspecified atom stereocenters. The van der Waals surface area contributed by atoms with E-state index in [4.69, 9.17) is 28.4 Å². The quantitative estimate of drug-likeness (QED) is 0.672. The Morgan fingerprint density at radius 1 is 0.655 bits per heavy atom. The van der Waals surface area contributed by atoms with Gasteiger partial charge in [-0.3, -0.25) is 0 Å². The summed E-state index contributed by atoms with van der Waals surface area (Å²) in [4.78, 5) is 5.43. The molecule has 0 saturated carbocycles. The van der Waals surface area contributed by atoms with E-state index in [-0.39, 0.29) is 6.10 Å². The second-order valence-electron chi connectivity index (χ2n) is 6.94. The molecule has 0 bridgehead atoms. The average Bonchev–Trinajstić information content (AvgIpc) is 3.41. The summed E-state index contributed by atoms with van der Waals surface area (Å²) in [5, 5.41) is 1.10. The smallest absolute Gasteiger partial charge is 0.180 e. The van der Waals surface area contributed by atoms with E-state index in [1.165, 1.54) is 0 Å². The molecule has 153 valence electrons. The van der Waals surface area contributed by atoms with Crippen LogP contribution in [0, 0.1) is 19.1 Å². The van der Waals surface area contributed by atoms with Crippen LogP contribution in [-0.2, 0) is 9.47 Å². The number of ether oxygens (including phenoxy) is 6. The van der Waals surface area contributed by atoms with Crippen LogP contribution >= 0.6 is 34.4 Å². The van der Waals surface area contributed by atoms with Crippen molar-refractivity contribution < 1.29 is 28.4 Å². The normalized spacial score (nSPS) is 23.2. The number of thiophene rings is 2. The topological polar surface area (TPSA) is 55.4 Å². The van der Waals surface area contributed by atoms with Crippen LogP contribution in [-0.4, -0.2) is 45.7 Å². The third-order valence-electron chi connectivity index (χ3n) is 5.09. The highest BCUT2D eigenvalue weighted by molar-refractivity contribution is 8.11. The molecule has 1 fully saturated rings. The molecule has 4 aliphatic rings. The lowest BCUT2D eigenvalue weighted by molar-refractivity contribution is -0.0254. The highest BCUT2D eigenvalue weighted by Gasteiger charge is 2.47. The molecule has 6 nitrogen and oxygen atoms in total. The molecule has 0 amide bonds. The van der Waals surface area contributed by atoms with Gasteiger partial charge in [-0.1, -0.05) is 0 Å². The fraction of sp³-hybridized carbons (Fsp3) is 0.450. The number of rotatable bonds is 2. The first-order chi connectivity index (χ1) is 14.2. The second kappa shape index (κ2) is 7.01. The molecule has 6 heterocycles. The van der Waals surface area contributed by atoms with Crippen molar-refractivity contribution >= 4 is 39.3 Å². The van der Waals surface area contributed by atoms with Gasteiger partial charge in [-0.2, -0.15) is 0 Å². The Morgan fingerprint density at radius 2 is 1.21 bits per heavy atom. The van der Waals surface area contributed by atoms with Crippen molar-refractivity contribution in [1.29, 1.82) is 0 Å². The summed E-state index contributed by atoms with van der Waals surface area (Å²) < 4.78 is 36.0. The van der Waals surface area contributed by atoms with Gasteiger partial charge >= 0.3 is 0 Å². The molecule has 29 heavy (non-hydrogen) atoms. The van der Waals surface area contributed by atoms with Gasteiger partial charge in [0.2, 0.25) is 0 Å². The monoisotopic (exact) mass is 451 g/mol. The van der Waals surface area contributed by atoms with Crippen molar-refractivity contribution in [2.75, 3.05) is 39.6 Å². The van der Waals surface area contributed by atoms with Crippen molar-refractivity contribution in [1.82, 2.24) is 0 Å². The van der Waals surface area contributed by atoms with Crippen LogP contribution in [0.2, 0.25) is 0 Å². The lowest BCUT2D eigenvalue weighted by atomic mass is 10.1. The SMILES string of the molecule is Cc1sc([C]2SC(c3sc(C)c4c3OCCO4)=C3OCCOC23)c2c1OCCO2. The molecule has 2 aromatic heterocycles. The third-order valence-corrected chi connectivity index (χ3v) is 8.79. The molecule has 6 rings (SSSR count). The van der Waals surface area contributed by atoms with Crippen molar-refractivity contribution in [3.05, 3.63) is 30.5 Å². The Hall–Kier alpha value is -1.55. The maximum Gasteiger partial charge on any atom is 0.180 e. The van der Waals surface area contributed by atoms with Crippen LogP contribution in [0.4, 0.5) is 0 Å². The molecule has 0 aliphatic carbocycles. The fourth-order valence-corrected chi connectivity index (χ4v) is 7.52. The number of aryl methyl sites for hydroxylation is 2. The first kappa shape index (κ1) is 18.2. The Morgan fingerprint density at radius 3 is 1.90 bits per heavy atom. The first-order valence-electron chi connectivity index (χ1n) is 9.54. The maximum absolute atomic E-state index is 6.17. The highest BCUT2D eigenvalue weighted by Crippen LogP contribution is 2.62. The van der Waals surface area contributed by atoms with E-state index in [1.54, 1.807) is 34.4 Å².